The van der Waals surface area contributed by atoms with Crippen molar-refractivity contribution in [3.63, 3.8) is 0 Å². The van der Waals surface area contributed by atoms with Crippen molar-refractivity contribution in [3.8, 4) is 17.1 Å². The number of methoxy groups -OCH3 is 1. The fourth-order valence-electron chi connectivity index (χ4n) is 3.88. The number of carbonyl (C=O) groups excluding carboxylic acids is 3. The number of ether oxygens (including phenoxy) is 2. The van der Waals surface area contributed by atoms with Gasteiger partial charge in [-0.15, -0.1) is 0 Å². The van der Waals surface area contributed by atoms with Crippen molar-refractivity contribution in [1.29, 1.82) is 0 Å². The van der Waals surface area contributed by atoms with Crippen molar-refractivity contribution in [2.45, 2.75) is 44.2 Å². The number of carbonyl (C=O) groups is 3. The van der Waals surface area contributed by atoms with Crippen LogP contribution in [0.25, 0.3) is 11.4 Å². The summed E-state index contributed by atoms with van der Waals surface area (Å²) in [7, 11) is 1.54. The first kappa shape index (κ1) is 19.9. The number of amides is 3. The van der Waals surface area contributed by atoms with Gasteiger partial charge >= 0.3 is 12.0 Å². The molecule has 10 nitrogen and oxygen atoms in total. The van der Waals surface area contributed by atoms with Crippen molar-refractivity contribution in [2.75, 3.05) is 13.7 Å². The van der Waals surface area contributed by atoms with Crippen LogP contribution < -0.4 is 10.1 Å². The minimum Gasteiger partial charge on any atom is -0.496 e. The highest BCUT2D eigenvalue weighted by Gasteiger charge is 2.51. The number of aromatic nitrogens is 2. The van der Waals surface area contributed by atoms with Gasteiger partial charge in [0, 0.05) is 0 Å². The van der Waals surface area contributed by atoms with Gasteiger partial charge < -0.3 is 19.3 Å². The van der Waals surface area contributed by atoms with Gasteiger partial charge in [-0.05, 0) is 25.0 Å². The van der Waals surface area contributed by atoms with Crippen LogP contribution in [0.5, 0.6) is 5.75 Å². The summed E-state index contributed by atoms with van der Waals surface area (Å²) in [5.74, 6) is -0.127. The van der Waals surface area contributed by atoms with Crippen molar-refractivity contribution in [2.24, 2.45) is 0 Å². The topological polar surface area (TPSA) is 124 Å². The van der Waals surface area contributed by atoms with Crippen LogP contribution in [0.3, 0.4) is 0 Å². The third-order valence-corrected chi connectivity index (χ3v) is 5.41. The third-order valence-electron chi connectivity index (χ3n) is 5.41. The number of rotatable bonds is 6. The standard InChI is InChI=1S/C20H22N4O6/c1-28-14-8-4-3-7-13(14)17-21-15(30-23-17)12-29-16(25)11-24-18(26)20(22-19(24)27)9-5-2-6-10-20/h3-4,7-8H,2,5-6,9-12H2,1H3,(H,22,27). The monoisotopic (exact) mass is 414 g/mol. The lowest BCUT2D eigenvalue weighted by Gasteiger charge is -2.30. The number of nitrogens with zero attached hydrogens (tertiary/aromatic N) is 3. The fraction of sp³-hybridized carbons (Fsp3) is 0.450. The van der Waals surface area contributed by atoms with Crippen LogP contribution in [-0.2, 0) is 20.9 Å². The first-order valence-corrected chi connectivity index (χ1v) is 9.78. The smallest absolute Gasteiger partial charge is 0.326 e. The number of urea groups is 1. The molecule has 158 valence electrons. The van der Waals surface area contributed by atoms with Crippen LogP contribution in [0.2, 0.25) is 0 Å². The van der Waals surface area contributed by atoms with Gasteiger partial charge in [-0.3, -0.25) is 14.5 Å². The maximum Gasteiger partial charge on any atom is 0.326 e. The number of imide groups is 1. The molecule has 2 fully saturated rings. The Bertz CT molecular complexity index is 966. The van der Waals surface area contributed by atoms with E-state index in [-0.39, 0.29) is 18.4 Å². The van der Waals surface area contributed by atoms with E-state index in [1.807, 2.05) is 12.1 Å². The number of nitrogens with one attached hydrogen (secondary N) is 1. The molecule has 1 saturated heterocycles. The molecule has 4 rings (SSSR count). The van der Waals surface area contributed by atoms with Gasteiger partial charge in [0.1, 0.15) is 17.8 Å². The van der Waals surface area contributed by atoms with Crippen molar-refractivity contribution >= 4 is 17.9 Å². The predicted octanol–water partition coefficient (Wildman–Crippen LogP) is 2.04. The molecule has 1 aromatic heterocycles. The highest BCUT2D eigenvalue weighted by Crippen LogP contribution is 2.33. The quantitative estimate of drug-likeness (QED) is 0.563. The van der Waals surface area contributed by atoms with E-state index in [4.69, 9.17) is 14.0 Å². The molecule has 1 N–H and O–H groups in total. The zero-order valence-corrected chi connectivity index (χ0v) is 16.6. The lowest BCUT2D eigenvalue weighted by atomic mass is 9.82. The summed E-state index contributed by atoms with van der Waals surface area (Å²) in [6.07, 6.45) is 3.97. The number of hydrogen-bond acceptors (Lipinski definition) is 8. The number of esters is 1. The third kappa shape index (κ3) is 3.72. The van der Waals surface area contributed by atoms with Gasteiger partial charge in [0.15, 0.2) is 6.61 Å². The highest BCUT2D eigenvalue weighted by molar-refractivity contribution is 6.08. The molecule has 2 heterocycles. The lowest BCUT2D eigenvalue weighted by Crippen LogP contribution is -2.48. The van der Waals surface area contributed by atoms with Crippen LogP contribution in [0, 0.1) is 0 Å². The Morgan fingerprint density at radius 1 is 1.23 bits per heavy atom. The molecule has 0 atom stereocenters. The highest BCUT2D eigenvalue weighted by atomic mass is 16.6. The molecule has 1 aromatic carbocycles. The average molecular weight is 414 g/mol. The maximum absolute atomic E-state index is 12.7. The van der Waals surface area contributed by atoms with Crippen LogP contribution in [0.4, 0.5) is 4.79 Å². The molecule has 1 spiro atoms. The van der Waals surface area contributed by atoms with Crippen LogP contribution >= 0.6 is 0 Å². The van der Waals surface area contributed by atoms with Crippen molar-refractivity contribution in [1.82, 2.24) is 20.4 Å². The summed E-state index contributed by atoms with van der Waals surface area (Å²) in [5.41, 5.74) is -0.232. The van der Waals surface area contributed by atoms with Crippen LogP contribution in [-0.4, -0.2) is 52.1 Å². The molecule has 3 amide bonds. The average Bonchev–Trinajstić information content (AvgIpc) is 3.32. The summed E-state index contributed by atoms with van der Waals surface area (Å²) in [6.45, 7) is -0.726. The molecule has 0 radical (unpaired) electrons. The van der Waals surface area contributed by atoms with Crippen molar-refractivity contribution < 1.29 is 28.4 Å². The first-order valence-electron chi connectivity index (χ1n) is 9.78. The van der Waals surface area contributed by atoms with Crippen LogP contribution in [0.15, 0.2) is 28.8 Å². The molecule has 10 heteroatoms. The first-order chi connectivity index (χ1) is 14.5. The Hall–Kier alpha value is -3.43. The summed E-state index contributed by atoms with van der Waals surface area (Å²) in [6, 6.07) is 6.61. The van der Waals surface area contributed by atoms with Gasteiger partial charge in [0.05, 0.1) is 12.7 Å². The molecule has 1 aliphatic carbocycles. The molecule has 0 unspecified atom stereocenters. The SMILES string of the molecule is COc1ccccc1-c1noc(COC(=O)CN2C(=O)NC3(CCCCC3)C2=O)n1. The van der Waals surface area contributed by atoms with Gasteiger partial charge in [0.2, 0.25) is 5.82 Å². The second kappa shape index (κ2) is 8.13. The zero-order chi connectivity index (χ0) is 21.1. The summed E-state index contributed by atoms with van der Waals surface area (Å²) in [5, 5.41) is 6.63. The lowest BCUT2D eigenvalue weighted by molar-refractivity contribution is -0.149. The largest absolute Gasteiger partial charge is 0.496 e. The maximum atomic E-state index is 12.7. The molecule has 2 aromatic rings. The summed E-state index contributed by atoms with van der Waals surface area (Å²) < 4.78 is 15.5. The Morgan fingerprint density at radius 2 is 2.00 bits per heavy atom. The van der Waals surface area contributed by atoms with Gasteiger partial charge in [-0.2, -0.15) is 4.98 Å². The summed E-state index contributed by atoms with van der Waals surface area (Å²) in [4.78, 5) is 42.2. The molecule has 1 aliphatic heterocycles. The Labute approximate surface area is 172 Å². The summed E-state index contributed by atoms with van der Waals surface area (Å²) >= 11 is 0. The molecule has 0 bridgehead atoms. The van der Waals surface area contributed by atoms with E-state index < -0.39 is 24.1 Å². The number of para-hydroxylation sites is 1. The number of benzene rings is 1. The molecular formula is C20H22N4O6. The minimum atomic E-state index is -0.869. The Balaban J connectivity index is 1.35. The second-order valence-electron chi connectivity index (χ2n) is 7.34. The van der Waals surface area contributed by atoms with E-state index in [0.29, 0.717) is 30.0 Å². The van der Waals surface area contributed by atoms with E-state index in [1.54, 1.807) is 12.1 Å². The predicted molar refractivity (Wildman–Crippen MR) is 102 cm³/mol. The van der Waals surface area contributed by atoms with Gasteiger partial charge in [0.25, 0.3) is 11.8 Å². The van der Waals surface area contributed by atoms with Crippen LogP contribution in [0.1, 0.15) is 38.0 Å². The van der Waals surface area contributed by atoms with E-state index in [9.17, 15) is 14.4 Å². The normalized spacial score (nSPS) is 17.8. The van der Waals surface area contributed by atoms with E-state index in [2.05, 4.69) is 15.5 Å². The molecular weight excluding hydrogens is 392 g/mol. The molecule has 1 saturated carbocycles. The fourth-order valence-corrected chi connectivity index (χ4v) is 3.88. The molecule has 2 aliphatic rings. The Morgan fingerprint density at radius 3 is 2.77 bits per heavy atom. The van der Waals surface area contributed by atoms with E-state index in [1.165, 1.54) is 7.11 Å². The van der Waals surface area contributed by atoms with E-state index in [0.717, 1.165) is 24.2 Å². The zero-order valence-electron chi connectivity index (χ0n) is 16.6. The van der Waals surface area contributed by atoms with Crippen molar-refractivity contribution in [3.05, 3.63) is 30.2 Å². The minimum absolute atomic E-state index is 0.0882. The Kier molecular flexibility index (Phi) is 5.39. The van der Waals surface area contributed by atoms with E-state index >= 15 is 0 Å². The second-order valence-corrected chi connectivity index (χ2v) is 7.34. The number of hydrogen-bond donors (Lipinski definition) is 1. The molecule has 30 heavy (non-hydrogen) atoms. The van der Waals surface area contributed by atoms with Gasteiger partial charge in [-0.1, -0.05) is 36.6 Å². The van der Waals surface area contributed by atoms with Gasteiger partial charge in [-0.25, -0.2) is 4.79 Å².